The van der Waals surface area contributed by atoms with Gasteiger partial charge in [0.05, 0.1) is 0 Å². The number of methoxy groups -OCH3 is 2. The van der Waals surface area contributed by atoms with E-state index in [-0.39, 0.29) is 17.6 Å². The van der Waals surface area contributed by atoms with Crippen molar-refractivity contribution in [3.05, 3.63) is 47.5 Å². The molecule has 0 heterocycles. The van der Waals surface area contributed by atoms with Crippen LogP contribution in [0, 0.1) is 11.8 Å². The van der Waals surface area contributed by atoms with Gasteiger partial charge in [-0.2, -0.15) is 11.8 Å². The van der Waals surface area contributed by atoms with E-state index in [1.807, 2.05) is 12.3 Å². The van der Waals surface area contributed by atoms with Gasteiger partial charge < -0.3 is 9.47 Å². The molecule has 3 nitrogen and oxygen atoms in total. The quantitative estimate of drug-likeness (QED) is 0.795. The molecule has 5 atom stereocenters. The molecule has 0 radical (unpaired) electrons. The first-order valence-corrected chi connectivity index (χ1v) is 9.45. The van der Waals surface area contributed by atoms with E-state index in [0.717, 1.165) is 6.42 Å². The van der Waals surface area contributed by atoms with Crippen LogP contribution in [-0.4, -0.2) is 43.2 Å². The Morgan fingerprint density at radius 1 is 1.26 bits per heavy atom. The van der Waals surface area contributed by atoms with Gasteiger partial charge in [0.1, 0.15) is 5.60 Å². The van der Waals surface area contributed by atoms with Crippen LogP contribution in [0.5, 0.6) is 0 Å². The number of hydrogen-bond acceptors (Lipinski definition) is 4. The molecule has 1 fully saturated rings. The van der Waals surface area contributed by atoms with Crippen LogP contribution >= 0.6 is 11.8 Å². The van der Waals surface area contributed by atoms with Gasteiger partial charge in [-0.1, -0.05) is 30.3 Å². The van der Waals surface area contributed by atoms with Crippen molar-refractivity contribution in [2.75, 3.05) is 26.2 Å². The number of carbonyl (C=O) groups is 1. The van der Waals surface area contributed by atoms with Gasteiger partial charge in [-0.25, -0.2) is 0 Å². The number of hydrogen-bond donors (Lipinski definition) is 0. The van der Waals surface area contributed by atoms with Crippen LogP contribution in [-0.2, 0) is 20.7 Å². The number of ketones is 1. The summed E-state index contributed by atoms with van der Waals surface area (Å²) in [6.45, 7) is 0. The lowest BCUT2D eigenvalue weighted by Crippen LogP contribution is -2.70. The fourth-order valence-corrected chi connectivity index (χ4v) is 6.02. The zero-order valence-electron chi connectivity index (χ0n) is 13.7. The molecule has 4 aliphatic rings. The third-order valence-corrected chi connectivity index (χ3v) is 6.80. The Bertz CT molecular complexity index is 685. The van der Waals surface area contributed by atoms with E-state index in [1.165, 1.54) is 11.1 Å². The highest BCUT2D eigenvalue weighted by Crippen LogP contribution is 2.61. The zero-order chi connectivity index (χ0) is 16.2. The van der Waals surface area contributed by atoms with E-state index >= 15 is 0 Å². The Morgan fingerprint density at radius 2 is 2.04 bits per heavy atom. The molecule has 0 N–H and O–H groups in total. The summed E-state index contributed by atoms with van der Waals surface area (Å²) in [6, 6.07) is 8.49. The third-order valence-electron chi connectivity index (χ3n) is 6.09. The lowest BCUT2D eigenvalue weighted by molar-refractivity contribution is -0.182. The maximum atomic E-state index is 13.5. The molecule has 0 spiro atoms. The van der Waals surface area contributed by atoms with Crippen molar-refractivity contribution in [3.8, 4) is 0 Å². The van der Waals surface area contributed by atoms with Gasteiger partial charge in [-0.05, 0) is 35.8 Å². The molecular formula is C19H22O3S. The van der Waals surface area contributed by atoms with E-state index in [4.69, 9.17) is 9.47 Å². The number of fused-ring (bicyclic) bond motifs is 2. The summed E-state index contributed by atoms with van der Waals surface area (Å²) < 4.78 is 11.8. The van der Waals surface area contributed by atoms with Crippen LogP contribution in [0.25, 0.3) is 0 Å². The maximum Gasteiger partial charge on any atom is 0.202 e. The summed E-state index contributed by atoms with van der Waals surface area (Å²) in [5.41, 5.74) is 0.961. The Balaban J connectivity index is 1.92. The standard InChI is InChI=1S/C19H22O3S/c1-21-18-9-8-15(19(22-2,11-23-3)17(18)20)14-10-12-6-4-5-7-13(12)16(14)18/h4-9,14-16H,10-11H2,1-3H3/t14-,15+,16-,18+,19-/m0/s1. The van der Waals surface area contributed by atoms with Gasteiger partial charge in [-0.15, -0.1) is 0 Å². The fourth-order valence-electron chi connectivity index (χ4n) is 5.15. The van der Waals surface area contributed by atoms with Crippen LogP contribution in [0.3, 0.4) is 0 Å². The SMILES string of the molecule is CO[C@]12C=C[C@H]([C@@H]3Cc4ccccc4[C@@H]31)[C@](CSC)(OC)C2=O. The minimum atomic E-state index is -0.891. The summed E-state index contributed by atoms with van der Waals surface area (Å²) in [7, 11) is 3.33. The van der Waals surface area contributed by atoms with Crippen molar-refractivity contribution in [1.29, 1.82) is 0 Å². The molecule has 1 aromatic rings. The first kappa shape index (κ1) is 15.4. The van der Waals surface area contributed by atoms with E-state index in [2.05, 4.69) is 30.3 Å². The van der Waals surface area contributed by atoms with Crippen LogP contribution in [0.4, 0.5) is 0 Å². The molecule has 0 saturated heterocycles. The summed E-state index contributed by atoms with van der Waals surface area (Å²) in [5.74, 6) is 1.34. The highest BCUT2D eigenvalue weighted by molar-refractivity contribution is 7.98. The number of Topliss-reactive ketones (excluding diaryl/α,β-unsaturated/α-hetero) is 1. The van der Waals surface area contributed by atoms with Gasteiger partial charge in [0.25, 0.3) is 0 Å². The second-order valence-electron chi connectivity index (χ2n) is 6.78. The lowest BCUT2D eigenvalue weighted by Gasteiger charge is -2.56. The third kappa shape index (κ3) is 1.72. The zero-order valence-corrected chi connectivity index (χ0v) is 14.6. The van der Waals surface area contributed by atoms with E-state index < -0.39 is 11.2 Å². The number of rotatable bonds is 4. The van der Waals surface area contributed by atoms with Crippen LogP contribution in [0.2, 0.25) is 0 Å². The number of carbonyl (C=O) groups excluding carboxylic acids is 1. The summed E-state index contributed by atoms with van der Waals surface area (Å²) in [6.07, 6.45) is 7.20. The summed E-state index contributed by atoms with van der Waals surface area (Å²) >= 11 is 1.67. The molecule has 2 bridgehead atoms. The van der Waals surface area contributed by atoms with Crippen molar-refractivity contribution < 1.29 is 14.3 Å². The smallest absolute Gasteiger partial charge is 0.202 e. The second-order valence-corrected chi connectivity index (χ2v) is 7.65. The van der Waals surface area contributed by atoms with Crippen LogP contribution in [0.15, 0.2) is 36.4 Å². The van der Waals surface area contributed by atoms with E-state index in [9.17, 15) is 4.79 Å². The largest absolute Gasteiger partial charge is 0.369 e. The molecule has 0 aromatic heterocycles. The number of ether oxygens (including phenoxy) is 2. The molecule has 0 aliphatic heterocycles. The van der Waals surface area contributed by atoms with E-state index in [0.29, 0.717) is 11.7 Å². The Labute approximate surface area is 141 Å². The first-order chi connectivity index (χ1) is 11.1. The Kier molecular flexibility index (Phi) is 3.49. The molecule has 4 heteroatoms. The average Bonchev–Trinajstić information content (AvgIpc) is 2.99. The highest BCUT2D eigenvalue weighted by atomic mass is 32.2. The van der Waals surface area contributed by atoms with Crippen molar-refractivity contribution in [3.63, 3.8) is 0 Å². The fraction of sp³-hybridized carbons (Fsp3) is 0.526. The molecule has 1 aromatic carbocycles. The topological polar surface area (TPSA) is 35.5 Å². The van der Waals surface area contributed by atoms with Crippen molar-refractivity contribution in [2.45, 2.75) is 23.5 Å². The van der Waals surface area contributed by atoms with Gasteiger partial charge in [0.15, 0.2) is 5.60 Å². The van der Waals surface area contributed by atoms with Gasteiger partial charge in [0.2, 0.25) is 5.78 Å². The summed E-state index contributed by atoms with van der Waals surface area (Å²) in [4.78, 5) is 13.5. The first-order valence-electron chi connectivity index (χ1n) is 8.06. The summed E-state index contributed by atoms with van der Waals surface area (Å²) in [5, 5.41) is 0. The predicted molar refractivity (Wildman–Crippen MR) is 91.9 cm³/mol. The van der Waals surface area contributed by atoms with E-state index in [1.54, 1.807) is 26.0 Å². The Hall–Kier alpha value is -1.10. The molecule has 0 unspecified atom stereocenters. The average molecular weight is 330 g/mol. The normalized spacial score (nSPS) is 40.3. The molecule has 1 saturated carbocycles. The molecule has 23 heavy (non-hydrogen) atoms. The maximum absolute atomic E-state index is 13.5. The molecule has 5 rings (SSSR count). The molecule has 4 aliphatic carbocycles. The monoisotopic (exact) mass is 330 g/mol. The second kappa shape index (κ2) is 5.20. The van der Waals surface area contributed by atoms with Crippen LogP contribution < -0.4 is 0 Å². The van der Waals surface area contributed by atoms with Gasteiger partial charge in [-0.3, -0.25) is 4.79 Å². The molecule has 0 amide bonds. The lowest BCUT2D eigenvalue weighted by atomic mass is 9.53. The van der Waals surface area contributed by atoms with Crippen molar-refractivity contribution in [1.82, 2.24) is 0 Å². The minimum absolute atomic E-state index is 0.0924. The highest BCUT2D eigenvalue weighted by Gasteiger charge is 2.69. The van der Waals surface area contributed by atoms with Gasteiger partial charge in [0, 0.05) is 31.8 Å². The van der Waals surface area contributed by atoms with Gasteiger partial charge >= 0.3 is 0 Å². The molecular weight excluding hydrogens is 308 g/mol. The predicted octanol–water partition coefficient (Wildman–Crippen LogP) is 2.84. The number of benzene rings is 1. The van der Waals surface area contributed by atoms with Crippen molar-refractivity contribution >= 4 is 17.5 Å². The Morgan fingerprint density at radius 3 is 2.74 bits per heavy atom. The number of thioether (sulfide) groups is 1. The molecule has 122 valence electrons. The van der Waals surface area contributed by atoms with Crippen molar-refractivity contribution in [2.24, 2.45) is 11.8 Å². The minimum Gasteiger partial charge on any atom is -0.369 e. The van der Waals surface area contributed by atoms with Crippen LogP contribution in [0.1, 0.15) is 17.0 Å².